The second-order valence-electron chi connectivity index (χ2n) is 4.91. The van der Waals surface area contributed by atoms with Gasteiger partial charge in [-0.15, -0.1) is 0 Å². The average Bonchev–Trinajstić information content (AvgIpc) is 2.42. The molecule has 0 saturated heterocycles. The summed E-state index contributed by atoms with van der Waals surface area (Å²) < 4.78 is 5.02. The molecule has 0 amide bonds. The van der Waals surface area contributed by atoms with E-state index in [0.29, 0.717) is 12.1 Å². The van der Waals surface area contributed by atoms with Crippen LogP contribution in [-0.2, 0) is 4.74 Å². The van der Waals surface area contributed by atoms with E-state index in [9.17, 15) is 0 Å². The number of likely N-dealkylation sites (N-methyl/N-ethyl adjacent to an activating group) is 1. The van der Waals surface area contributed by atoms with Crippen molar-refractivity contribution >= 4 is 11.6 Å². The first kappa shape index (κ1) is 16.4. The highest BCUT2D eigenvalue weighted by molar-refractivity contribution is 6.31. The van der Waals surface area contributed by atoms with E-state index in [1.807, 2.05) is 18.2 Å². The fourth-order valence-electron chi connectivity index (χ4n) is 2.04. The second kappa shape index (κ2) is 8.54. The molecule has 3 nitrogen and oxygen atoms in total. The summed E-state index contributed by atoms with van der Waals surface area (Å²) in [4.78, 5) is 2.33. The molecular formula is C15H25ClN2O. The van der Waals surface area contributed by atoms with Gasteiger partial charge in [-0.2, -0.15) is 0 Å². The Hall–Kier alpha value is -0.610. The number of rotatable bonds is 8. The Morgan fingerprint density at radius 1 is 1.32 bits per heavy atom. The normalized spacial score (nSPS) is 14.6. The lowest BCUT2D eigenvalue weighted by Gasteiger charge is -2.31. The lowest BCUT2D eigenvalue weighted by atomic mass is 10.1. The highest BCUT2D eigenvalue weighted by atomic mass is 35.5. The van der Waals surface area contributed by atoms with Gasteiger partial charge in [0.05, 0.1) is 6.61 Å². The Bertz CT molecular complexity index is 373. The molecule has 1 aromatic carbocycles. The molecule has 0 aromatic heterocycles. The zero-order chi connectivity index (χ0) is 14.3. The Labute approximate surface area is 121 Å². The topological polar surface area (TPSA) is 24.5 Å². The molecule has 0 saturated carbocycles. The van der Waals surface area contributed by atoms with Gasteiger partial charge in [0.25, 0.3) is 0 Å². The molecule has 108 valence electrons. The van der Waals surface area contributed by atoms with Crippen LogP contribution in [0.3, 0.4) is 0 Å². The molecule has 0 aliphatic carbocycles. The number of methoxy groups -OCH3 is 1. The molecule has 2 unspecified atom stereocenters. The highest BCUT2D eigenvalue weighted by Gasteiger charge is 2.18. The predicted octanol–water partition coefficient (Wildman–Crippen LogP) is 2.96. The van der Waals surface area contributed by atoms with Crippen LogP contribution < -0.4 is 5.32 Å². The highest BCUT2D eigenvalue weighted by Crippen LogP contribution is 2.27. The Morgan fingerprint density at radius 2 is 2.00 bits per heavy atom. The fraction of sp³-hybridized carbons (Fsp3) is 0.600. The van der Waals surface area contributed by atoms with Gasteiger partial charge in [-0.1, -0.05) is 29.8 Å². The van der Waals surface area contributed by atoms with Gasteiger partial charge in [0.1, 0.15) is 0 Å². The smallest absolute Gasteiger partial charge is 0.0587 e. The zero-order valence-corrected chi connectivity index (χ0v) is 13.1. The van der Waals surface area contributed by atoms with E-state index in [1.165, 1.54) is 5.56 Å². The van der Waals surface area contributed by atoms with Crippen LogP contribution in [0, 0.1) is 0 Å². The van der Waals surface area contributed by atoms with Crippen molar-refractivity contribution in [3.63, 3.8) is 0 Å². The number of halogens is 1. The molecule has 0 aliphatic heterocycles. The largest absolute Gasteiger partial charge is 0.383 e. The average molecular weight is 285 g/mol. The van der Waals surface area contributed by atoms with E-state index in [0.717, 1.165) is 24.7 Å². The van der Waals surface area contributed by atoms with Gasteiger partial charge >= 0.3 is 0 Å². The molecule has 1 N–H and O–H groups in total. The third-order valence-electron chi connectivity index (χ3n) is 3.58. The van der Waals surface area contributed by atoms with Crippen molar-refractivity contribution in [3.8, 4) is 0 Å². The van der Waals surface area contributed by atoms with E-state index in [1.54, 1.807) is 7.11 Å². The number of hydrogen-bond donors (Lipinski definition) is 1. The van der Waals surface area contributed by atoms with Crippen molar-refractivity contribution in [1.82, 2.24) is 10.2 Å². The van der Waals surface area contributed by atoms with Gasteiger partial charge in [-0.3, -0.25) is 4.90 Å². The van der Waals surface area contributed by atoms with Crippen LogP contribution in [0.15, 0.2) is 24.3 Å². The minimum atomic E-state index is 0.299. The van der Waals surface area contributed by atoms with Crippen molar-refractivity contribution in [2.45, 2.75) is 25.9 Å². The molecule has 19 heavy (non-hydrogen) atoms. The van der Waals surface area contributed by atoms with E-state index < -0.39 is 0 Å². The SMILES string of the molecule is COCCNCC(C)N(C)C(C)c1ccccc1Cl. The van der Waals surface area contributed by atoms with Crippen molar-refractivity contribution in [2.75, 3.05) is 33.9 Å². The first-order valence-corrected chi connectivity index (χ1v) is 7.11. The summed E-state index contributed by atoms with van der Waals surface area (Å²) in [5.74, 6) is 0. The van der Waals surface area contributed by atoms with Crippen LogP contribution >= 0.6 is 11.6 Å². The zero-order valence-electron chi connectivity index (χ0n) is 12.3. The Morgan fingerprint density at radius 3 is 2.63 bits per heavy atom. The monoisotopic (exact) mass is 284 g/mol. The van der Waals surface area contributed by atoms with E-state index in [4.69, 9.17) is 16.3 Å². The second-order valence-corrected chi connectivity index (χ2v) is 5.32. The third kappa shape index (κ3) is 5.11. The maximum absolute atomic E-state index is 6.25. The van der Waals surface area contributed by atoms with Crippen LogP contribution in [0.1, 0.15) is 25.5 Å². The molecule has 1 rings (SSSR count). The predicted molar refractivity (Wildman–Crippen MR) is 81.8 cm³/mol. The lowest BCUT2D eigenvalue weighted by Crippen LogP contribution is -2.40. The molecule has 0 spiro atoms. The molecule has 0 heterocycles. The number of hydrogen-bond acceptors (Lipinski definition) is 3. The summed E-state index contributed by atoms with van der Waals surface area (Å²) in [7, 11) is 3.85. The van der Waals surface area contributed by atoms with Crippen LogP contribution in [0.2, 0.25) is 5.02 Å². The lowest BCUT2D eigenvalue weighted by molar-refractivity contribution is 0.177. The van der Waals surface area contributed by atoms with Crippen molar-refractivity contribution in [1.29, 1.82) is 0 Å². The maximum Gasteiger partial charge on any atom is 0.0587 e. The summed E-state index contributed by atoms with van der Waals surface area (Å²) >= 11 is 6.25. The number of nitrogens with zero attached hydrogens (tertiary/aromatic N) is 1. The Balaban J connectivity index is 2.52. The van der Waals surface area contributed by atoms with Crippen molar-refractivity contribution < 1.29 is 4.74 Å². The molecule has 0 fully saturated rings. The van der Waals surface area contributed by atoms with Crippen molar-refractivity contribution in [3.05, 3.63) is 34.9 Å². The van der Waals surface area contributed by atoms with E-state index >= 15 is 0 Å². The van der Waals surface area contributed by atoms with Gasteiger partial charge in [-0.05, 0) is 32.5 Å². The first-order valence-electron chi connectivity index (χ1n) is 6.74. The summed E-state index contributed by atoms with van der Waals surface area (Å²) in [6, 6.07) is 8.77. The summed E-state index contributed by atoms with van der Waals surface area (Å²) in [6.07, 6.45) is 0. The van der Waals surface area contributed by atoms with Crippen molar-refractivity contribution in [2.24, 2.45) is 0 Å². The van der Waals surface area contributed by atoms with Crippen LogP contribution in [-0.4, -0.2) is 44.8 Å². The third-order valence-corrected chi connectivity index (χ3v) is 3.93. The van der Waals surface area contributed by atoms with Gasteiger partial charge in [0, 0.05) is 37.3 Å². The number of benzene rings is 1. The van der Waals surface area contributed by atoms with Gasteiger partial charge in [0.15, 0.2) is 0 Å². The number of ether oxygens (including phenoxy) is 1. The number of nitrogens with one attached hydrogen (secondary N) is 1. The summed E-state index contributed by atoms with van der Waals surface area (Å²) in [6.45, 7) is 6.97. The molecule has 2 atom stereocenters. The molecule has 0 aliphatic rings. The summed E-state index contributed by atoms with van der Waals surface area (Å²) in [5, 5.41) is 4.22. The Kier molecular flexibility index (Phi) is 7.39. The summed E-state index contributed by atoms with van der Waals surface area (Å²) in [5.41, 5.74) is 1.18. The molecular weight excluding hydrogens is 260 g/mol. The van der Waals surface area contributed by atoms with E-state index in [-0.39, 0.29) is 0 Å². The molecule has 4 heteroatoms. The van der Waals surface area contributed by atoms with Crippen LogP contribution in [0.25, 0.3) is 0 Å². The van der Waals surface area contributed by atoms with Crippen LogP contribution in [0.5, 0.6) is 0 Å². The van der Waals surface area contributed by atoms with E-state index in [2.05, 4.69) is 37.2 Å². The van der Waals surface area contributed by atoms with Gasteiger partial charge in [-0.25, -0.2) is 0 Å². The quantitative estimate of drug-likeness (QED) is 0.743. The van der Waals surface area contributed by atoms with Gasteiger partial charge in [0.2, 0.25) is 0 Å². The molecule has 0 radical (unpaired) electrons. The van der Waals surface area contributed by atoms with Crippen LogP contribution in [0.4, 0.5) is 0 Å². The minimum Gasteiger partial charge on any atom is -0.383 e. The molecule has 0 bridgehead atoms. The van der Waals surface area contributed by atoms with Gasteiger partial charge < -0.3 is 10.1 Å². The molecule has 1 aromatic rings. The maximum atomic E-state index is 6.25. The first-order chi connectivity index (χ1) is 9.07. The fourth-order valence-corrected chi connectivity index (χ4v) is 2.34. The minimum absolute atomic E-state index is 0.299. The standard InChI is InChI=1S/C15H25ClN2O/c1-12(11-17-9-10-19-4)18(3)13(2)14-7-5-6-8-15(14)16/h5-8,12-13,17H,9-11H2,1-4H3.